The molecule has 2 aromatic heterocycles. The average molecular weight is 319 g/mol. The molecule has 0 saturated carbocycles. The smallest absolute Gasteiger partial charge is 0.311 e. The van der Waals surface area contributed by atoms with Crippen LogP contribution in [0.1, 0.15) is 25.7 Å². The number of aryl methyl sites for hydroxylation is 1. The molecular weight excluding hydrogens is 302 g/mol. The number of hydrogen-bond donors (Lipinski definition) is 1. The van der Waals surface area contributed by atoms with Crippen molar-refractivity contribution in [1.29, 1.82) is 0 Å². The second kappa shape index (κ2) is 5.86. The van der Waals surface area contributed by atoms with Gasteiger partial charge in [0.1, 0.15) is 6.26 Å². The number of carboxylic acid groups (broad SMARTS) is 1. The van der Waals surface area contributed by atoms with E-state index in [-0.39, 0.29) is 18.9 Å². The molecule has 0 radical (unpaired) electrons. The lowest BCUT2D eigenvalue weighted by atomic mass is 9.90. The molecule has 8 nitrogen and oxygen atoms in total. The van der Waals surface area contributed by atoms with Gasteiger partial charge in [0, 0.05) is 25.9 Å². The number of aromatic nitrogens is 2. The predicted octanol–water partition coefficient (Wildman–Crippen LogP) is 1.59. The van der Waals surface area contributed by atoms with Gasteiger partial charge in [-0.3, -0.25) is 9.59 Å². The molecule has 122 valence electrons. The SMILES string of the molecule is C[C@@]1(C(=O)O)CCN(C(=O)CCc2nc(-c3ccoc3)no2)C1. The van der Waals surface area contributed by atoms with E-state index in [1.807, 2.05) is 0 Å². The molecule has 23 heavy (non-hydrogen) atoms. The second-order valence-corrected chi connectivity index (χ2v) is 5.95. The van der Waals surface area contributed by atoms with E-state index in [9.17, 15) is 14.7 Å². The van der Waals surface area contributed by atoms with E-state index < -0.39 is 11.4 Å². The number of amides is 1. The zero-order chi connectivity index (χ0) is 16.4. The van der Waals surface area contributed by atoms with Gasteiger partial charge in [0.15, 0.2) is 0 Å². The van der Waals surface area contributed by atoms with Crippen LogP contribution in [0, 0.1) is 5.41 Å². The third-order valence-corrected chi connectivity index (χ3v) is 4.14. The summed E-state index contributed by atoms with van der Waals surface area (Å²) in [6, 6.07) is 1.72. The Morgan fingerprint density at radius 2 is 2.30 bits per heavy atom. The van der Waals surface area contributed by atoms with Gasteiger partial charge >= 0.3 is 5.97 Å². The molecule has 1 aliphatic heterocycles. The van der Waals surface area contributed by atoms with Crippen molar-refractivity contribution in [3.8, 4) is 11.4 Å². The summed E-state index contributed by atoms with van der Waals surface area (Å²) < 4.78 is 10.1. The highest BCUT2D eigenvalue weighted by molar-refractivity contribution is 5.80. The highest BCUT2D eigenvalue weighted by Crippen LogP contribution is 2.30. The lowest BCUT2D eigenvalue weighted by Gasteiger charge is -2.19. The van der Waals surface area contributed by atoms with E-state index in [1.165, 1.54) is 12.5 Å². The number of rotatable bonds is 5. The maximum absolute atomic E-state index is 12.2. The van der Waals surface area contributed by atoms with Crippen LogP contribution < -0.4 is 0 Å². The van der Waals surface area contributed by atoms with Gasteiger partial charge in [-0.1, -0.05) is 5.16 Å². The van der Waals surface area contributed by atoms with Gasteiger partial charge in [0.05, 0.1) is 17.2 Å². The first-order valence-electron chi connectivity index (χ1n) is 7.34. The Hall–Kier alpha value is -2.64. The summed E-state index contributed by atoms with van der Waals surface area (Å²) in [5.74, 6) is -0.178. The number of carbonyl (C=O) groups excluding carboxylic acids is 1. The Labute approximate surface area is 132 Å². The molecule has 1 saturated heterocycles. The van der Waals surface area contributed by atoms with Crippen LogP contribution in [0.15, 0.2) is 27.5 Å². The third kappa shape index (κ3) is 3.10. The number of likely N-dealkylation sites (tertiary alicyclic amines) is 1. The molecule has 8 heteroatoms. The Bertz CT molecular complexity index is 709. The molecule has 0 spiro atoms. The minimum Gasteiger partial charge on any atom is -0.481 e. The third-order valence-electron chi connectivity index (χ3n) is 4.14. The van der Waals surface area contributed by atoms with Gasteiger partial charge < -0.3 is 18.9 Å². The fourth-order valence-electron chi connectivity index (χ4n) is 2.59. The molecule has 0 unspecified atom stereocenters. The van der Waals surface area contributed by atoms with E-state index in [0.717, 1.165) is 0 Å². The van der Waals surface area contributed by atoms with Crippen molar-refractivity contribution in [3.05, 3.63) is 24.5 Å². The molecule has 2 aromatic rings. The normalized spacial score (nSPS) is 20.8. The molecule has 1 N–H and O–H groups in total. The lowest BCUT2D eigenvalue weighted by molar-refractivity contribution is -0.147. The van der Waals surface area contributed by atoms with Crippen LogP contribution in [0.4, 0.5) is 0 Å². The Balaban J connectivity index is 1.55. The summed E-state index contributed by atoms with van der Waals surface area (Å²) in [5, 5.41) is 13.0. The Morgan fingerprint density at radius 1 is 1.48 bits per heavy atom. The molecule has 3 heterocycles. The van der Waals surface area contributed by atoms with Gasteiger partial charge in [-0.25, -0.2) is 0 Å². The number of hydrogen-bond acceptors (Lipinski definition) is 6. The van der Waals surface area contributed by atoms with Crippen molar-refractivity contribution in [2.24, 2.45) is 5.41 Å². The molecule has 0 aromatic carbocycles. The fraction of sp³-hybridized carbons (Fsp3) is 0.467. The fourth-order valence-corrected chi connectivity index (χ4v) is 2.59. The lowest BCUT2D eigenvalue weighted by Crippen LogP contribution is -2.34. The monoisotopic (exact) mass is 319 g/mol. The van der Waals surface area contributed by atoms with Crippen LogP contribution in [-0.4, -0.2) is 45.1 Å². The molecule has 0 bridgehead atoms. The molecule has 1 atom stereocenters. The highest BCUT2D eigenvalue weighted by atomic mass is 16.5. The van der Waals surface area contributed by atoms with Crippen molar-refractivity contribution < 1.29 is 23.6 Å². The highest BCUT2D eigenvalue weighted by Gasteiger charge is 2.41. The van der Waals surface area contributed by atoms with Crippen molar-refractivity contribution >= 4 is 11.9 Å². The second-order valence-electron chi connectivity index (χ2n) is 5.95. The van der Waals surface area contributed by atoms with Crippen molar-refractivity contribution in [3.63, 3.8) is 0 Å². The van der Waals surface area contributed by atoms with Crippen LogP contribution >= 0.6 is 0 Å². The maximum atomic E-state index is 12.2. The summed E-state index contributed by atoms with van der Waals surface area (Å²) in [6.45, 7) is 2.37. The van der Waals surface area contributed by atoms with Crippen molar-refractivity contribution in [2.45, 2.75) is 26.2 Å². The van der Waals surface area contributed by atoms with Crippen LogP contribution in [-0.2, 0) is 16.0 Å². The topological polar surface area (TPSA) is 110 Å². The molecular formula is C15H17N3O5. The zero-order valence-electron chi connectivity index (χ0n) is 12.7. The minimum absolute atomic E-state index is 0.0990. The van der Waals surface area contributed by atoms with Crippen molar-refractivity contribution in [1.82, 2.24) is 15.0 Å². The molecule has 3 rings (SSSR count). The molecule has 1 amide bonds. The minimum atomic E-state index is -0.866. The van der Waals surface area contributed by atoms with E-state index >= 15 is 0 Å². The Kier molecular flexibility index (Phi) is 3.89. The van der Waals surface area contributed by atoms with Crippen LogP contribution in [0.2, 0.25) is 0 Å². The first-order chi connectivity index (χ1) is 11.0. The van der Waals surface area contributed by atoms with Crippen LogP contribution in [0.5, 0.6) is 0 Å². The van der Waals surface area contributed by atoms with Gasteiger partial charge in [-0.2, -0.15) is 4.98 Å². The maximum Gasteiger partial charge on any atom is 0.311 e. The number of aliphatic carboxylic acids is 1. The average Bonchev–Trinajstić information content (AvgIpc) is 3.25. The summed E-state index contributed by atoms with van der Waals surface area (Å²) in [7, 11) is 0. The largest absolute Gasteiger partial charge is 0.481 e. The number of furan rings is 1. The van der Waals surface area contributed by atoms with Gasteiger partial charge in [-0.15, -0.1) is 0 Å². The standard InChI is InChI=1S/C15H17N3O5/c1-15(14(20)21)5-6-18(9-15)12(19)3-2-11-16-13(17-23-11)10-4-7-22-8-10/h4,7-8H,2-3,5-6,9H2,1H3,(H,20,21)/t15-/m1/s1. The van der Waals surface area contributed by atoms with Crippen LogP contribution in [0.25, 0.3) is 11.4 Å². The van der Waals surface area contributed by atoms with E-state index in [0.29, 0.717) is 36.7 Å². The van der Waals surface area contributed by atoms with Gasteiger partial charge in [0.25, 0.3) is 0 Å². The summed E-state index contributed by atoms with van der Waals surface area (Å²) >= 11 is 0. The number of carbonyl (C=O) groups is 2. The quantitative estimate of drug-likeness (QED) is 0.891. The van der Waals surface area contributed by atoms with Gasteiger partial charge in [-0.05, 0) is 19.4 Å². The predicted molar refractivity (Wildman–Crippen MR) is 77.3 cm³/mol. The van der Waals surface area contributed by atoms with Gasteiger partial charge in [0.2, 0.25) is 17.6 Å². The zero-order valence-corrected chi connectivity index (χ0v) is 12.7. The molecule has 1 fully saturated rings. The Morgan fingerprint density at radius 3 is 2.96 bits per heavy atom. The molecule has 1 aliphatic rings. The van der Waals surface area contributed by atoms with Crippen LogP contribution in [0.3, 0.4) is 0 Å². The summed E-state index contributed by atoms with van der Waals surface area (Å²) in [6.07, 6.45) is 4.03. The number of carboxylic acids is 1. The van der Waals surface area contributed by atoms with E-state index in [1.54, 1.807) is 17.9 Å². The van der Waals surface area contributed by atoms with E-state index in [2.05, 4.69) is 10.1 Å². The molecule has 0 aliphatic carbocycles. The first-order valence-corrected chi connectivity index (χ1v) is 7.34. The summed E-state index contributed by atoms with van der Waals surface area (Å²) in [4.78, 5) is 29.2. The van der Waals surface area contributed by atoms with Crippen molar-refractivity contribution in [2.75, 3.05) is 13.1 Å². The summed E-state index contributed by atoms with van der Waals surface area (Å²) in [5.41, 5.74) is -0.141. The van der Waals surface area contributed by atoms with E-state index in [4.69, 9.17) is 8.94 Å². The first kappa shape index (κ1) is 15.3. The number of nitrogens with zero attached hydrogens (tertiary/aromatic N) is 3.